The predicted octanol–water partition coefficient (Wildman–Crippen LogP) is 1.20. The second kappa shape index (κ2) is 3.77. The number of rotatable bonds is 2. The van der Waals surface area contributed by atoms with E-state index in [4.69, 9.17) is 5.73 Å². The van der Waals surface area contributed by atoms with Crippen LogP contribution in [0.3, 0.4) is 0 Å². The highest BCUT2D eigenvalue weighted by molar-refractivity contribution is 5.99. The van der Waals surface area contributed by atoms with E-state index in [2.05, 4.69) is 15.3 Å². The van der Waals surface area contributed by atoms with Gasteiger partial charge in [0.2, 0.25) is 5.91 Å². The number of carbonyl (C=O) groups is 1. The lowest BCUT2D eigenvalue weighted by Gasteiger charge is -2.16. The minimum absolute atomic E-state index is 0.0892. The topological polar surface area (TPSA) is 80.9 Å². The molecule has 0 unspecified atom stereocenters. The zero-order chi connectivity index (χ0) is 12.7. The molecule has 1 aliphatic rings. The van der Waals surface area contributed by atoms with Crippen LogP contribution < -0.4 is 11.1 Å². The molecule has 1 amide bonds. The van der Waals surface area contributed by atoms with Crippen molar-refractivity contribution in [3.05, 3.63) is 18.2 Å². The van der Waals surface area contributed by atoms with Crippen LogP contribution in [-0.4, -0.2) is 21.4 Å². The molecule has 1 aromatic rings. The quantitative estimate of drug-likeness (QED) is 0.805. The minimum Gasteiger partial charge on any atom is -0.322 e. The Morgan fingerprint density at radius 3 is 2.29 bits per heavy atom. The van der Waals surface area contributed by atoms with Crippen molar-refractivity contribution >= 4 is 11.6 Å². The largest absolute Gasteiger partial charge is 0.322 e. The Kier molecular flexibility index (Phi) is 2.66. The van der Waals surface area contributed by atoms with Gasteiger partial charge in [-0.1, -0.05) is 20.8 Å². The van der Waals surface area contributed by atoms with Gasteiger partial charge in [-0.15, -0.1) is 0 Å². The van der Waals surface area contributed by atoms with E-state index in [-0.39, 0.29) is 11.3 Å². The second-order valence-electron chi connectivity index (χ2n) is 5.66. The summed E-state index contributed by atoms with van der Waals surface area (Å²) in [6.45, 7) is 6.12. The molecular formula is C12H18N4O. The van der Waals surface area contributed by atoms with Gasteiger partial charge in [-0.2, -0.15) is 0 Å². The smallest absolute Gasteiger partial charge is 0.244 e. The number of nitrogens with zero attached hydrogens (tertiary/aromatic N) is 2. The van der Waals surface area contributed by atoms with Crippen molar-refractivity contribution in [2.75, 3.05) is 5.32 Å². The molecule has 0 bridgehead atoms. The Bertz CT molecular complexity index is 429. The van der Waals surface area contributed by atoms with Crippen LogP contribution in [0.2, 0.25) is 0 Å². The van der Waals surface area contributed by atoms with E-state index >= 15 is 0 Å². The van der Waals surface area contributed by atoms with Crippen molar-refractivity contribution in [2.45, 2.75) is 44.6 Å². The maximum atomic E-state index is 11.7. The number of carbonyl (C=O) groups excluding carboxylic acids is 1. The van der Waals surface area contributed by atoms with Gasteiger partial charge < -0.3 is 11.1 Å². The summed E-state index contributed by atoms with van der Waals surface area (Å²) in [6, 6.07) is 0. The Hall–Kier alpha value is -1.49. The molecule has 0 aliphatic heterocycles. The normalized spacial score (nSPS) is 17.6. The molecule has 0 aromatic carbocycles. The fourth-order valence-electron chi connectivity index (χ4n) is 1.40. The van der Waals surface area contributed by atoms with Gasteiger partial charge >= 0.3 is 0 Å². The summed E-state index contributed by atoms with van der Waals surface area (Å²) in [5, 5.41) is 2.73. The van der Waals surface area contributed by atoms with Crippen molar-refractivity contribution in [3.8, 4) is 0 Å². The van der Waals surface area contributed by atoms with Gasteiger partial charge in [0.05, 0.1) is 23.6 Å². The second-order valence-corrected chi connectivity index (χ2v) is 5.66. The number of hydrogen-bond donors (Lipinski definition) is 2. The van der Waals surface area contributed by atoms with Crippen molar-refractivity contribution in [1.82, 2.24) is 9.97 Å². The lowest BCUT2D eigenvalue weighted by atomic mass is 9.96. The van der Waals surface area contributed by atoms with E-state index < -0.39 is 5.54 Å². The molecule has 2 rings (SSSR count). The zero-order valence-electron chi connectivity index (χ0n) is 10.4. The third kappa shape index (κ3) is 2.61. The molecule has 0 radical (unpaired) electrons. The first-order valence-electron chi connectivity index (χ1n) is 5.74. The molecule has 92 valence electrons. The number of anilines is 1. The van der Waals surface area contributed by atoms with Gasteiger partial charge in [0, 0.05) is 5.41 Å². The summed E-state index contributed by atoms with van der Waals surface area (Å²) in [5.41, 5.74) is 5.63. The molecule has 5 heteroatoms. The van der Waals surface area contributed by atoms with Crippen LogP contribution in [0.25, 0.3) is 0 Å². The maximum absolute atomic E-state index is 11.7. The molecule has 1 fully saturated rings. The molecule has 5 nitrogen and oxygen atoms in total. The van der Waals surface area contributed by atoms with Crippen molar-refractivity contribution in [2.24, 2.45) is 5.73 Å². The van der Waals surface area contributed by atoms with E-state index in [1.165, 1.54) is 0 Å². The number of hydrogen-bond acceptors (Lipinski definition) is 4. The fraction of sp³-hybridized carbons (Fsp3) is 0.583. The summed E-state index contributed by atoms with van der Waals surface area (Å²) in [4.78, 5) is 20.2. The van der Waals surface area contributed by atoms with Gasteiger partial charge in [-0.25, -0.2) is 9.97 Å². The van der Waals surface area contributed by atoms with Crippen molar-refractivity contribution in [3.63, 3.8) is 0 Å². The Morgan fingerprint density at radius 2 is 1.88 bits per heavy atom. The number of nitrogens with two attached hydrogens (primary N) is 1. The predicted molar refractivity (Wildman–Crippen MR) is 65.5 cm³/mol. The molecule has 1 aromatic heterocycles. The molecule has 3 N–H and O–H groups in total. The van der Waals surface area contributed by atoms with Crippen LogP contribution in [0, 0.1) is 0 Å². The van der Waals surface area contributed by atoms with E-state index in [1.807, 2.05) is 20.8 Å². The van der Waals surface area contributed by atoms with Crippen LogP contribution >= 0.6 is 0 Å². The highest BCUT2D eigenvalue weighted by Crippen LogP contribution is 2.33. The van der Waals surface area contributed by atoms with E-state index in [1.54, 1.807) is 12.4 Å². The summed E-state index contributed by atoms with van der Waals surface area (Å²) in [6.07, 6.45) is 4.74. The van der Waals surface area contributed by atoms with Gasteiger partial charge in [-0.3, -0.25) is 4.79 Å². The average Bonchev–Trinajstić information content (AvgIpc) is 2.97. The summed E-state index contributed by atoms with van der Waals surface area (Å²) in [7, 11) is 0. The van der Waals surface area contributed by atoms with Gasteiger partial charge in [0.25, 0.3) is 0 Å². The van der Waals surface area contributed by atoms with Crippen LogP contribution in [-0.2, 0) is 10.2 Å². The summed E-state index contributed by atoms with van der Waals surface area (Å²) < 4.78 is 0. The monoisotopic (exact) mass is 234 g/mol. The zero-order valence-corrected chi connectivity index (χ0v) is 10.4. The van der Waals surface area contributed by atoms with E-state index in [9.17, 15) is 4.79 Å². The van der Waals surface area contributed by atoms with E-state index in [0.29, 0.717) is 5.69 Å². The van der Waals surface area contributed by atoms with Crippen molar-refractivity contribution in [1.29, 1.82) is 0 Å². The molecule has 1 heterocycles. The number of amides is 1. The van der Waals surface area contributed by atoms with Gasteiger partial charge in [-0.05, 0) is 12.8 Å². The van der Waals surface area contributed by atoms with Crippen LogP contribution in [0.4, 0.5) is 5.69 Å². The molecule has 0 saturated heterocycles. The standard InChI is InChI=1S/C12H18N4O/c1-11(2,3)9-14-6-8(7-15-9)16-10(17)12(13)4-5-12/h6-7H,4-5,13H2,1-3H3,(H,16,17). The first kappa shape index (κ1) is 12.0. The Labute approximate surface area is 101 Å². The first-order chi connectivity index (χ1) is 7.81. The van der Waals surface area contributed by atoms with Crippen LogP contribution in [0.15, 0.2) is 12.4 Å². The lowest BCUT2D eigenvalue weighted by molar-refractivity contribution is -0.118. The Balaban J connectivity index is 2.06. The van der Waals surface area contributed by atoms with Crippen LogP contribution in [0.1, 0.15) is 39.4 Å². The van der Waals surface area contributed by atoms with Gasteiger partial charge in [0.1, 0.15) is 5.82 Å². The lowest BCUT2D eigenvalue weighted by Crippen LogP contribution is -2.37. The Morgan fingerprint density at radius 1 is 1.35 bits per heavy atom. The average molecular weight is 234 g/mol. The molecule has 0 spiro atoms. The third-order valence-corrected chi connectivity index (χ3v) is 2.82. The molecule has 1 saturated carbocycles. The van der Waals surface area contributed by atoms with Crippen molar-refractivity contribution < 1.29 is 4.79 Å². The molecule has 17 heavy (non-hydrogen) atoms. The molecule has 1 aliphatic carbocycles. The first-order valence-corrected chi connectivity index (χ1v) is 5.74. The minimum atomic E-state index is -0.664. The highest BCUT2D eigenvalue weighted by atomic mass is 16.2. The summed E-state index contributed by atoms with van der Waals surface area (Å²) >= 11 is 0. The van der Waals surface area contributed by atoms with E-state index in [0.717, 1.165) is 18.7 Å². The maximum Gasteiger partial charge on any atom is 0.244 e. The van der Waals surface area contributed by atoms with Crippen LogP contribution in [0.5, 0.6) is 0 Å². The number of nitrogens with one attached hydrogen (secondary N) is 1. The fourth-order valence-corrected chi connectivity index (χ4v) is 1.40. The third-order valence-electron chi connectivity index (χ3n) is 2.82. The molecule has 0 atom stereocenters. The SMILES string of the molecule is CC(C)(C)c1ncc(NC(=O)C2(N)CC2)cn1. The molecular weight excluding hydrogens is 216 g/mol. The van der Waals surface area contributed by atoms with Gasteiger partial charge in [0.15, 0.2) is 0 Å². The highest BCUT2D eigenvalue weighted by Gasteiger charge is 2.45. The number of aromatic nitrogens is 2. The summed E-state index contributed by atoms with van der Waals surface area (Å²) in [5.74, 6) is 0.606.